The lowest BCUT2D eigenvalue weighted by atomic mass is 9.93. The molecule has 186 valence electrons. The molecule has 3 N–H and O–H groups in total. The van der Waals surface area contributed by atoms with Gasteiger partial charge in [0.25, 0.3) is 0 Å². The van der Waals surface area contributed by atoms with Crippen LogP contribution in [0, 0.1) is 5.92 Å². The number of primary amides is 1. The number of hydrogen-bond donors (Lipinski definition) is 2. The minimum atomic E-state index is -0.606. The molecule has 3 heterocycles. The largest absolute Gasteiger partial charge is 0.392 e. The van der Waals surface area contributed by atoms with Crippen LogP contribution in [0.25, 0.3) is 5.69 Å². The molecule has 0 spiro atoms. The van der Waals surface area contributed by atoms with Gasteiger partial charge in [-0.15, -0.1) is 0 Å². The van der Waals surface area contributed by atoms with E-state index in [2.05, 4.69) is 34.7 Å². The summed E-state index contributed by atoms with van der Waals surface area (Å²) in [5, 5.41) is 15.6. The second-order valence-corrected chi connectivity index (χ2v) is 9.88. The highest BCUT2D eigenvalue weighted by molar-refractivity contribution is 5.77. The predicted molar refractivity (Wildman–Crippen MR) is 136 cm³/mol. The summed E-state index contributed by atoms with van der Waals surface area (Å²) in [5.41, 5.74) is 8.46. The van der Waals surface area contributed by atoms with E-state index in [-0.39, 0.29) is 11.4 Å². The van der Waals surface area contributed by atoms with Crippen LogP contribution in [0.4, 0.5) is 0 Å². The molecule has 1 aromatic carbocycles. The van der Waals surface area contributed by atoms with Crippen molar-refractivity contribution in [1.29, 1.82) is 0 Å². The first kappa shape index (κ1) is 25.0. The van der Waals surface area contributed by atoms with Gasteiger partial charge in [-0.25, -0.2) is 4.68 Å². The van der Waals surface area contributed by atoms with Crippen molar-refractivity contribution in [3.05, 3.63) is 78.4 Å². The standard InChI is InChI=1S/C27H36N6O2/c1-27(2,25-10-12-33(30-25)23-8-4-3-5-9-23)32-15-13-31(14-16-32)20-24(34)18-22(26(28)35)17-21-7-6-11-29-19-21/h3-12,19,22,24,34H,13-18,20H2,1-2H3,(H2,28,35)/t22-,24+/m1/s1. The number of pyridine rings is 1. The number of hydrogen-bond acceptors (Lipinski definition) is 6. The maximum Gasteiger partial charge on any atom is 0.220 e. The van der Waals surface area contributed by atoms with Crippen molar-refractivity contribution >= 4 is 5.91 Å². The molecule has 1 saturated heterocycles. The molecular weight excluding hydrogens is 440 g/mol. The maximum absolute atomic E-state index is 12.0. The monoisotopic (exact) mass is 476 g/mol. The van der Waals surface area contributed by atoms with Gasteiger partial charge in [-0.3, -0.25) is 19.6 Å². The van der Waals surface area contributed by atoms with Gasteiger partial charge in [-0.2, -0.15) is 5.10 Å². The van der Waals surface area contributed by atoms with Gasteiger partial charge < -0.3 is 10.8 Å². The average molecular weight is 477 g/mol. The summed E-state index contributed by atoms with van der Waals surface area (Å²) in [7, 11) is 0. The maximum atomic E-state index is 12.0. The van der Waals surface area contributed by atoms with Crippen molar-refractivity contribution in [1.82, 2.24) is 24.6 Å². The van der Waals surface area contributed by atoms with Crippen molar-refractivity contribution in [3.8, 4) is 5.69 Å². The van der Waals surface area contributed by atoms with Crippen LogP contribution in [0.3, 0.4) is 0 Å². The predicted octanol–water partition coefficient (Wildman–Crippen LogP) is 2.22. The number of nitrogens with two attached hydrogens (primary N) is 1. The number of piperazine rings is 1. The van der Waals surface area contributed by atoms with Gasteiger partial charge >= 0.3 is 0 Å². The summed E-state index contributed by atoms with van der Waals surface area (Å²) in [6, 6.07) is 16.0. The molecule has 0 bridgehead atoms. The molecule has 1 aliphatic rings. The van der Waals surface area contributed by atoms with Crippen LogP contribution < -0.4 is 5.73 Å². The van der Waals surface area contributed by atoms with Crippen LogP contribution in [-0.2, 0) is 16.8 Å². The van der Waals surface area contributed by atoms with E-state index in [0.29, 0.717) is 19.4 Å². The van der Waals surface area contributed by atoms with Crippen molar-refractivity contribution in [2.45, 2.75) is 38.3 Å². The number of aliphatic hydroxyl groups excluding tert-OH is 1. The van der Waals surface area contributed by atoms with Gasteiger partial charge in [0.1, 0.15) is 0 Å². The number of benzene rings is 1. The van der Waals surface area contributed by atoms with Gasteiger partial charge in [0.15, 0.2) is 0 Å². The van der Waals surface area contributed by atoms with Crippen molar-refractivity contribution in [3.63, 3.8) is 0 Å². The Morgan fingerprint density at radius 1 is 1.09 bits per heavy atom. The highest BCUT2D eigenvalue weighted by Crippen LogP contribution is 2.28. The third-order valence-electron chi connectivity index (χ3n) is 7.03. The zero-order valence-corrected chi connectivity index (χ0v) is 20.6. The van der Waals surface area contributed by atoms with Crippen LogP contribution in [0.2, 0.25) is 0 Å². The Bertz CT molecular complexity index is 1080. The number of carbonyl (C=O) groups is 1. The first-order valence-electron chi connectivity index (χ1n) is 12.3. The Labute approximate surface area is 207 Å². The molecule has 8 nitrogen and oxygen atoms in total. The molecule has 4 rings (SSSR count). The average Bonchev–Trinajstić information content (AvgIpc) is 3.37. The number of amides is 1. The van der Waals surface area contributed by atoms with Gasteiger partial charge in [-0.1, -0.05) is 24.3 Å². The van der Waals surface area contributed by atoms with Crippen LogP contribution in [0.5, 0.6) is 0 Å². The number of aromatic nitrogens is 3. The summed E-state index contributed by atoms with van der Waals surface area (Å²) < 4.78 is 1.92. The molecule has 3 aromatic rings. The molecule has 8 heteroatoms. The van der Waals surface area contributed by atoms with E-state index in [9.17, 15) is 9.90 Å². The summed E-state index contributed by atoms with van der Waals surface area (Å²) in [4.78, 5) is 20.8. The van der Waals surface area contributed by atoms with Crippen LogP contribution >= 0.6 is 0 Å². The molecule has 2 aromatic heterocycles. The number of aliphatic hydroxyl groups is 1. The fourth-order valence-electron chi connectivity index (χ4n) is 4.83. The SMILES string of the molecule is CC(C)(c1ccn(-c2ccccc2)n1)N1CCN(C[C@@H](O)C[C@@H](Cc2cccnc2)C(N)=O)CC1. The number of rotatable bonds is 10. The zero-order valence-electron chi connectivity index (χ0n) is 20.6. The van der Waals surface area contributed by atoms with Crippen molar-refractivity contribution in [2.75, 3.05) is 32.7 Å². The topological polar surface area (TPSA) is 101 Å². The van der Waals surface area contributed by atoms with E-state index in [0.717, 1.165) is 43.1 Å². The van der Waals surface area contributed by atoms with E-state index < -0.39 is 12.0 Å². The Morgan fingerprint density at radius 3 is 2.49 bits per heavy atom. The summed E-state index contributed by atoms with van der Waals surface area (Å²) >= 11 is 0. The van der Waals surface area contributed by atoms with Crippen LogP contribution in [0.1, 0.15) is 31.5 Å². The Morgan fingerprint density at radius 2 is 1.83 bits per heavy atom. The second-order valence-electron chi connectivity index (χ2n) is 9.88. The Balaban J connectivity index is 1.29. The second kappa shape index (κ2) is 11.1. The normalized spacial score (nSPS) is 17.2. The lowest BCUT2D eigenvalue weighted by Gasteiger charge is -2.43. The Kier molecular flexibility index (Phi) is 7.95. The van der Waals surface area contributed by atoms with Crippen molar-refractivity contribution in [2.24, 2.45) is 11.7 Å². The first-order valence-corrected chi connectivity index (χ1v) is 12.3. The van der Waals surface area contributed by atoms with Crippen LogP contribution in [0.15, 0.2) is 67.1 Å². The summed E-state index contributed by atoms with van der Waals surface area (Å²) in [5.74, 6) is -0.788. The highest BCUT2D eigenvalue weighted by atomic mass is 16.3. The fourth-order valence-corrected chi connectivity index (χ4v) is 4.83. The fraction of sp³-hybridized carbons (Fsp3) is 0.444. The lowest BCUT2D eigenvalue weighted by molar-refractivity contribution is -0.122. The van der Waals surface area contributed by atoms with E-state index in [1.54, 1.807) is 12.4 Å². The highest BCUT2D eigenvalue weighted by Gasteiger charge is 2.34. The molecule has 0 unspecified atom stereocenters. The lowest BCUT2D eigenvalue weighted by Crippen LogP contribution is -2.54. The summed E-state index contributed by atoms with van der Waals surface area (Å²) in [6.45, 7) is 8.43. The van der Waals surface area contributed by atoms with Gasteiger partial charge in [0, 0.05) is 57.2 Å². The van der Waals surface area contributed by atoms with E-state index in [1.165, 1.54) is 0 Å². The summed E-state index contributed by atoms with van der Waals surface area (Å²) in [6.07, 6.45) is 5.70. The number of para-hydroxylation sites is 1. The number of β-amino-alcohol motifs (C(OH)–C–C–N with tert-alkyl or cyclic N) is 1. The van der Waals surface area contributed by atoms with Gasteiger partial charge in [-0.05, 0) is 56.5 Å². The molecular formula is C27H36N6O2. The number of carbonyl (C=O) groups excluding carboxylic acids is 1. The Hall–Kier alpha value is -3.07. The zero-order chi connectivity index (χ0) is 24.8. The van der Waals surface area contributed by atoms with Crippen LogP contribution in [-0.4, -0.2) is 74.4 Å². The molecule has 1 aliphatic heterocycles. The van der Waals surface area contributed by atoms with E-state index >= 15 is 0 Å². The molecule has 35 heavy (non-hydrogen) atoms. The molecule has 0 radical (unpaired) electrons. The first-order chi connectivity index (χ1) is 16.8. The molecule has 2 atom stereocenters. The minimum Gasteiger partial charge on any atom is -0.392 e. The smallest absolute Gasteiger partial charge is 0.220 e. The van der Waals surface area contributed by atoms with Crippen molar-refractivity contribution < 1.29 is 9.90 Å². The molecule has 1 fully saturated rings. The number of nitrogens with zero attached hydrogens (tertiary/aromatic N) is 5. The quantitative estimate of drug-likeness (QED) is 0.465. The van der Waals surface area contributed by atoms with E-state index in [4.69, 9.17) is 10.8 Å². The third-order valence-corrected chi connectivity index (χ3v) is 7.03. The van der Waals surface area contributed by atoms with Gasteiger partial charge in [0.2, 0.25) is 5.91 Å². The van der Waals surface area contributed by atoms with E-state index in [1.807, 2.05) is 53.3 Å². The third kappa shape index (κ3) is 6.33. The minimum absolute atomic E-state index is 0.203. The molecule has 0 aliphatic carbocycles. The molecule has 0 saturated carbocycles. The van der Waals surface area contributed by atoms with Gasteiger partial charge in [0.05, 0.1) is 23.0 Å². The molecule has 1 amide bonds.